The number of aromatic hydroxyl groups is 1. The van der Waals surface area contributed by atoms with Crippen molar-refractivity contribution < 1.29 is 9.90 Å². The number of nitrogens with two attached hydrogens (primary N) is 1. The average molecular weight is 352 g/mol. The number of aromatic amines is 1. The van der Waals surface area contributed by atoms with Gasteiger partial charge in [0.15, 0.2) is 0 Å². The Balaban J connectivity index is 2.70. The van der Waals surface area contributed by atoms with Crippen LogP contribution in [0.5, 0.6) is 5.88 Å². The standard InChI is InChI=1S/C14H14ClN5O4/c1-2-9(18-19-13(16)23)10-11(21)17-14(24)20(12(10)22)8-5-3-7(15)4-6-8/h3-6,22H,2H2,1H3,(H3,16,19,23)(H,17,21,24)/b18-9+. The zero-order valence-electron chi connectivity index (χ0n) is 12.5. The van der Waals surface area contributed by atoms with Crippen LogP contribution in [0, 0.1) is 0 Å². The van der Waals surface area contributed by atoms with E-state index in [1.165, 1.54) is 24.3 Å². The number of rotatable bonds is 4. The third-order valence-electron chi connectivity index (χ3n) is 3.10. The molecule has 5 N–H and O–H groups in total. The monoisotopic (exact) mass is 351 g/mol. The van der Waals surface area contributed by atoms with E-state index in [-0.39, 0.29) is 23.4 Å². The number of nitrogens with one attached hydrogen (secondary N) is 2. The van der Waals surface area contributed by atoms with Crippen molar-refractivity contribution in [3.8, 4) is 11.6 Å². The first kappa shape index (κ1) is 17.3. The van der Waals surface area contributed by atoms with Crippen molar-refractivity contribution >= 4 is 23.3 Å². The second-order valence-corrected chi connectivity index (χ2v) is 5.09. The molecule has 0 aliphatic heterocycles. The SMILES string of the molecule is CC/C(=N\NC(N)=O)c1c(O)n(-c2ccc(Cl)cc2)c(=O)[nH]c1=O. The van der Waals surface area contributed by atoms with Crippen molar-refractivity contribution in [2.75, 3.05) is 0 Å². The van der Waals surface area contributed by atoms with Crippen LogP contribution < -0.4 is 22.4 Å². The fourth-order valence-corrected chi connectivity index (χ4v) is 2.18. The van der Waals surface area contributed by atoms with Crippen LogP contribution in [0.4, 0.5) is 4.79 Å². The molecule has 2 amide bonds. The fraction of sp³-hybridized carbons (Fsp3) is 0.143. The lowest BCUT2D eigenvalue weighted by Crippen LogP contribution is -2.34. The Morgan fingerprint density at radius 1 is 1.38 bits per heavy atom. The van der Waals surface area contributed by atoms with E-state index in [1.807, 2.05) is 5.43 Å². The highest BCUT2D eigenvalue weighted by Crippen LogP contribution is 2.19. The van der Waals surface area contributed by atoms with Crippen molar-refractivity contribution in [3.63, 3.8) is 0 Å². The van der Waals surface area contributed by atoms with Crippen molar-refractivity contribution in [3.05, 3.63) is 55.7 Å². The summed E-state index contributed by atoms with van der Waals surface area (Å²) in [6.07, 6.45) is 0.190. The normalized spacial score (nSPS) is 11.3. The molecule has 24 heavy (non-hydrogen) atoms. The molecule has 1 aromatic carbocycles. The molecule has 0 saturated heterocycles. The molecule has 0 radical (unpaired) electrons. The van der Waals surface area contributed by atoms with Gasteiger partial charge >= 0.3 is 11.7 Å². The fourth-order valence-electron chi connectivity index (χ4n) is 2.05. The minimum atomic E-state index is -0.928. The van der Waals surface area contributed by atoms with Gasteiger partial charge in [-0.25, -0.2) is 19.6 Å². The zero-order valence-corrected chi connectivity index (χ0v) is 13.3. The van der Waals surface area contributed by atoms with Crippen LogP contribution in [0.2, 0.25) is 5.02 Å². The Morgan fingerprint density at radius 3 is 2.54 bits per heavy atom. The Labute approximate surface area is 140 Å². The van der Waals surface area contributed by atoms with Crippen LogP contribution in [0.25, 0.3) is 5.69 Å². The lowest BCUT2D eigenvalue weighted by atomic mass is 10.1. The summed E-state index contributed by atoms with van der Waals surface area (Å²) in [5.74, 6) is -0.613. The molecule has 0 unspecified atom stereocenters. The summed E-state index contributed by atoms with van der Waals surface area (Å²) in [7, 11) is 0. The lowest BCUT2D eigenvalue weighted by Gasteiger charge is -2.12. The molecule has 0 fully saturated rings. The summed E-state index contributed by atoms with van der Waals surface area (Å²) < 4.78 is 0.891. The van der Waals surface area contributed by atoms with E-state index in [0.717, 1.165) is 4.57 Å². The van der Waals surface area contributed by atoms with Crippen LogP contribution in [-0.2, 0) is 0 Å². The third kappa shape index (κ3) is 3.46. The number of benzene rings is 1. The highest BCUT2D eigenvalue weighted by atomic mass is 35.5. The Morgan fingerprint density at radius 2 is 2.00 bits per heavy atom. The first-order valence-corrected chi connectivity index (χ1v) is 7.19. The summed E-state index contributed by atoms with van der Waals surface area (Å²) in [6.45, 7) is 1.65. The smallest absolute Gasteiger partial charge is 0.335 e. The number of hydrazone groups is 1. The molecule has 0 bridgehead atoms. The maximum absolute atomic E-state index is 12.1. The average Bonchev–Trinajstić information content (AvgIpc) is 2.51. The third-order valence-corrected chi connectivity index (χ3v) is 3.35. The molecule has 10 heteroatoms. The van der Waals surface area contributed by atoms with E-state index < -0.39 is 23.2 Å². The first-order chi connectivity index (χ1) is 11.3. The molecule has 0 atom stereocenters. The van der Waals surface area contributed by atoms with E-state index in [0.29, 0.717) is 5.02 Å². The molecule has 2 rings (SSSR count). The van der Waals surface area contributed by atoms with Crippen molar-refractivity contribution in [2.45, 2.75) is 13.3 Å². The van der Waals surface area contributed by atoms with Crippen LogP contribution >= 0.6 is 11.6 Å². The molecule has 1 aromatic heterocycles. The highest BCUT2D eigenvalue weighted by Gasteiger charge is 2.19. The molecule has 1 heterocycles. The first-order valence-electron chi connectivity index (χ1n) is 6.81. The van der Waals surface area contributed by atoms with Gasteiger partial charge in [0.05, 0.1) is 11.4 Å². The number of primary amides is 1. The van der Waals surface area contributed by atoms with Crippen molar-refractivity contribution in [1.29, 1.82) is 0 Å². The Kier molecular flexibility index (Phi) is 5.05. The van der Waals surface area contributed by atoms with Gasteiger partial charge in [-0.05, 0) is 30.7 Å². The van der Waals surface area contributed by atoms with Gasteiger partial charge in [0.25, 0.3) is 5.56 Å². The number of amides is 2. The second-order valence-electron chi connectivity index (χ2n) is 4.66. The number of urea groups is 1. The van der Waals surface area contributed by atoms with E-state index in [9.17, 15) is 19.5 Å². The number of halogens is 1. The van der Waals surface area contributed by atoms with Gasteiger partial charge in [-0.15, -0.1) is 0 Å². The van der Waals surface area contributed by atoms with Gasteiger partial charge in [-0.1, -0.05) is 18.5 Å². The molecule has 0 aliphatic carbocycles. The van der Waals surface area contributed by atoms with Crippen LogP contribution in [-0.4, -0.2) is 26.4 Å². The van der Waals surface area contributed by atoms with E-state index in [4.69, 9.17) is 17.3 Å². The van der Waals surface area contributed by atoms with Crippen molar-refractivity contribution in [1.82, 2.24) is 15.0 Å². The number of hydrogen-bond donors (Lipinski definition) is 4. The van der Waals surface area contributed by atoms with Gasteiger partial charge < -0.3 is 10.8 Å². The molecule has 2 aromatic rings. The van der Waals surface area contributed by atoms with Crippen LogP contribution in [0.1, 0.15) is 18.9 Å². The zero-order chi connectivity index (χ0) is 17.9. The van der Waals surface area contributed by atoms with Crippen molar-refractivity contribution in [2.24, 2.45) is 10.8 Å². The molecule has 9 nitrogen and oxygen atoms in total. The molecular formula is C14H14ClN5O4. The maximum Gasteiger partial charge on any atom is 0.335 e. The maximum atomic E-state index is 12.1. The predicted octanol–water partition coefficient (Wildman–Crippen LogP) is 0.667. The summed E-state index contributed by atoms with van der Waals surface area (Å²) in [4.78, 5) is 37.0. The van der Waals surface area contributed by atoms with E-state index in [2.05, 4.69) is 10.1 Å². The van der Waals surface area contributed by atoms with Gasteiger partial charge in [-0.3, -0.25) is 9.78 Å². The number of carbonyl (C=O) groups is 1. The minimum absolute atomic E-state index is 0.0512. The van der Waals surface area contributed by atoms with Gasteiger partial charge in [0.2, 0.25) is 5.88 Å². The second kappa shape index (κ2) is 7.01. The number of carbonyl (C=O) groups excluding carboxylic acids is 1. The Hall–Kier alpha value is -3.07. The summed E-state index contributed by atoms with van der Waals surface area (Å²) in [5.41, 5.74) is 5.35. The molecule has 0 aliphatic rings. The predicted molar refractivity (Wildman–Crippen MR) is 88.9 cm³/mol. The van der Waals surface area contributed by atoms with Crippen LogP contribution in [0.3, 0.4) is 0 Å². The number of H-pyrrole nitrogens is 1. The molecule has 126 valence electrons. The van der Waals surface area contributed by atoms with E-state index in [1.54, 1.807) is 6.92 Å². The molecular weight excluding hydrogens is 338 g/mol. The summed E-state index contributed by atoms with van der Waals surface area (Å²) >= 11 is 5.80. The topological polar surface area (TPSA) is 143 Å². The molecule has 0 spiro atoms. The van der Waals surface area contributed by atoms with Crippen LogP contribution in [0.15, 0.2) is 39.0 Å². The van der Waals surface area contributed by atoms with Gasteiger partial charge in [0, 0.05) is 5.02 Å². The number of nitrogens with zero attached hydrogens (tertiary/aromatic N) is 2. The number of aromatic nitrogens is 2. The van der Waals surface area contributed by atoms with Gasteiger partial charge in [-0.2, -0.15) is 5.10 Å². The van der Waals surface area contributed by atoms with E-state index >= 15 is 0 Å². The lowest BCUT2D eigenvalue weighted by molar-refractivity contribution is 0.249. The minimum Gasteiger partial charge on any atom is -0.493 e. The largest absolute Gasteiger partial charge is 0.493 e. The number of hydrogen-bond acceptors (Lipinski definition) is 5. The summed E-state index contributed by atoms with van der Waals surface area (Å²) in [6, 6.07) is 5.11. The Bertz CT molecular complexity index is 914. The molecule has 0 saturated carbocycles. The van der Waals surface area contributed by atoms with Gasteiger partial charge in [0.1, 0.15) is 5.56 Å². The summed E-state index contributed by atoms with van der Waals surface area (Å²) in [5, 5.41) is 14.6. The quantitative estimate of drug-likeness (QED) is 0.474. The highest BCUT2D eigenvalue weighted by molar-refractivity contribution is 6.30.